The van der Waals surface area contributed by atoms with Crippen LogP contribution in [0.3, 0.4) is 0 Å². The van der Waals surface area contributed by atoms with E-state index in [2.05, 4.69) is 77.2 Å². The van der Waals surface area contributed by atoms with Crippen LogP contribution < -0.4 is 16.0 Å². The summed E-state index contributed by atoms with van der Waals surface area (Å²) < 4.78 is 0. The quantitative estimate of drug-likeness (QED) is 0.437. The van der Waals surface area contributed by atoms with Crippen molar-refractivity contribution in [3.05, 3.63) is 57.4 Å². The van der Waals surface area contributed by atoms with Gasteiger partial charge in [0.25, 0.3) is 5.91 Å². The van der Waals surface area contributed by atoms with Gasteiger partial charge < -0.3 is 20.9 Å². The zero-order valence-electron chi connectivity index (χ0n) is 20.8. The van der Waals surface area contributed by atoms with Crippen molar-refractivity contribution in [2.75, 3.05) is 24.2 Å². The molecule has 8 heteroatoms. The molecule has 2 aromatic heterocycles. The molecule has 7 nitrogen and oxygen atoms in total. The van der Waals surface area contributed by atoms with E-state index in [1.807, 2.05) is 19.9 Å². The highest BCUT2D eigenvalue weighted by Crippen LogP contribution is 2.36. The van der Waals surface area contributed by atoms with E-state index in [1.54, 1.807) is 17.5 Å². The SMILES string of the molecule is CC(C)NC(=O)c1cnc(Nc2ccc3c(c2)CN(C)CC3)nc1Nc1ccsc1C(C)(C)C. The van der Waals surface area contributed by atoms with Gasteiger partial charge in [-0.3, -0.25) is 4.79 Å². The van der Waals surface area contributed by atoms with E-state index in [-0.39, 0.29) is 17.4 Å². The third kappa shape index (κ3) is 5.56. The summed E-state index contributed by atoms with van der Waals surface area (Å²) >= 11 is 1.69. The van der Waals surface area contributed by atoms with Gasteiger partial charge in [0, 0.05) is 35.9 Å². The van der Waals surface area contributed by atoms with Crippen LogP contribution in [-0.2, 0) is 18.4 Å². The summed E-state index contributed by atoms with van der Waals surface area (Å²) in [7, 11) is 2.14. The summed E-state index contributed by atoms with van der Waals surface area (Å²) in [5.74, 6) is 0.728. The van der Waals surface area contributed by atoms with E-state index >= 15 is 0 Å². The van der Waals surface area contributed by atoms with Crippen LogP contribution in [0.2, 0.25) is 0 Å². The van der Waals surface area contributed by atoms with Crippen LogP contribution in [-0.4, -0.2) is 40.4 Å². The molecule has 0 spiro atoms. The maximum Gasteiger partial charge on any atom is 0.256 e. The van der Waals surface area contributed by atoms with Crippen molar-refractivity contribution in [3.63, 3.8) is 0 Å². The molecule has 1 aliphatic heterocycles. The first kappa shape index (κ1) is 24.2. The molecule has 4 rings (SSSR count). The first-order valence-corrected chi connectivity index (χ1v) is 12.6. The maximum absolute atomic E-state index is 12.9. The second kappa shape index (κ2) is 9.72. The van der Waals surface area contributed by atoms with Gasteiger partial charge in [-0.1, -0.05) is 26.8 Å². The molecular formula is C26H34N6OS. The minimum absolute atomic E-state index is 0.0121. The van der Waals surface area contributed by atoms with Crippen molar-refractivity contribution >= 4 is 40.4 Å². The number of anilines is 4. The van der Waals surface area contributed by atoms with Crippen molar-refractivity contribution in [2.45, 2.75) is 59.0 Å². The molecule has 3 N–H and O–H groups in total. The summed E-state index contributed by atoms with van der Waals surface area (Å²) in [5.41, 5.74) is 4.99. The Morgan fingerprint density at radius 2 is 1.94 bits per heavy atom. The number of amides is 1. The Kier molecular flexibility index (Phi) is 6.91. The number of benzene rings is 1. The smallest absolute Gasteiger partial charge is 0.256 e. The molecule has 0 aliphatic carbocycles. The number of fused-ring (bicyclic) bond motifs is 1. The van der Waals surface area contributed by atoms with Gasteiger partial charge >= 0.3 is 0 Å². The predicted octanol–water partition coefficient (Wildman–Crippen LogP) is 5.45. The lowest BCUT2D eigenvalue weighted by molar-refractivity contribution is 0.0943. The molecule has 1 aliphatic rings. The number of hydrogen-bond acceptors (Lipinski definition) is 7. The molecule has 0 bridgehead atoms. The van der Waals surface area contributed by atoms with E-state index in [1.165, 1.54) is 16.0 Å². The largest absolute Gasteiger partial charge is 0.350 e. The Bertz CT molecular complexity index is 1180. The molecule has 0 saturated carbocycles. The minimum Gasteiger partial charge on any atom is -0.350 e. The standard InChI is InChI=1S/C26H34N6OS/c1-16(2)28-24(33)20-14-27-25(29-19-8-7-17-9-11-32(6)15-18(17)13-19)31-23(20)30-21-10-12-34-22(21)26(3,4)5/h7-8,10,12-14,16H,9,11,15H2,1-6H3,(H,28,33)(H2,27,29,30,31). The molecule has 0 saturated heterocycles. The molecule has 34 heavy (non-hydrogen) atoms. The monoisotopic (exact) mass is 478 g/mol. The Hall–Kier alpha value is -2.97. The van der Waals surface area contributed by atoms with E-state index in [0.29, 0.717) is 17.3 Å². The summed E-state index contributed by atoms with van der Waals surface area (Å²) in [5, 5.41) is 11.8. The van der Waals surface area contributed by atoms with Gasteiger partial charge in [-0.05, 0) is 67.4 Å². The van der Waals surface area contributed by atoms with Crippen LogP contribution in [0.5, 0.6) is 0 Å². The summed E-state index contributed by atoms with van der Waals surface area (Å²) in [6, 6.07) is 8.45. The van der Waals surface area contributed by atoms with Gasteiger partial charge in [-0.15, -0.1) is 11.3 Å². The lowest BCUT2D eigenvalue weighted by Gasteiger charge is -2.25. The van der Waals surface area contributed by atoms with Crippen molar-refractivity contribution in [3.8, 4) is 0 Å². The van der Waals surface area contributed by atoms with Crippen molar-refractivity contribution < 1.29 is 4.79 Å². The van der Waals surface area contributed by atoms with E-state index in [9.17, 15) is 4.79 Å². The number of nitrogens with one attached hydrogen (secondary N) is 3. The Balaban J connectivity index is 1.66. The van der Waals surface area contributed by atoms with Crippen molar-refractivity contribution in [1.29, 1.82) is 0 Å². The third-order valence-electron chi connectivity index (χ3n) is 5.72. The molecule has 3 heterocycles. The fourth-order valence-electron chi connectivity index (χ4n) is 4.06. The number of thiophene rings is 1. The zero-order chi connectivity index (χ0) is 24.5. The minimum atomic E-state index is -0.201. The van der Waals surface area contributed by atoms with E-state index in [0.717, 1.165) is 30.9 Å². The molecule has 1 amide bonds. The van der Waals surface area contributed by atoms with Crippen LogP contribution in [0.15, 0.2) is 35.8 Å². The Morgan fingerprint density at radius 3 is 2.68 bits per heavy atom. The fraction of sp³-hybridized carbons (Fsp3) is 0.423. The number of hydrogen-bond donors (Lipinski definition) is 3. The lowest BCUT2D eigenvalue weighted by Crippen LogP contribution is -2.31. The molecule has 3 aromatic rings. The van der Waals surface area contributed by atoms with Crippen LogP contribution in [0.25, 0.3) is 0 Å². The van der Waals surface area contributed by atoms with Gasteiger partial charge in [0.15, 0.2) is 0 Å². The van der Waals surface area contributed by atoms with Crippen LogP contribution in [0.4, 0.5) is 23.1 Å². The first-order chi connectivity index (χ1) is 16.1. The number of rotatable bonds is 6. The second-order valence-electron chi connectivity index (χ2n) is 10.2. The molecular weight excluding hydrogens is 444 g/mol. The van der Waals surface area contributed by atoms with Crippen molar-refractivity contribution in [2.24, 2.45) is 0 Å². The molecule has 0 unspecified atom stereocenters. The number of carbonyl (C=O) groups is 1. The van der Waals surface area contributed by atoms with Gasteiger partial charge in [-0.25, -0.2) is 4.98 Å². The van der Waals surface area contributed by atoms with Gasteiger partial charge in [0.05, 0.1) is 5.69 Å². The van der Waals surface area contributed by atoms with Crippen LogP contribution in [0, 0.1) is 0 Å². The topological polar surface area (TPSA) is 82.2 Å². The highest BCUT2D eigenvalue weighted by molar-refractivity contribution is 7.10. The summed E-state index contributed by atoms with van der Waals surface area (Å²) in [4.78, 5) is 25.6. The molecule has 0 radical (unpaired) electrons. The average Bonchev–Trinajstić information content (AvgIpc) is 3.22. The normalized spacial score (nSPS) is 14.1. The summed E-state index contributed by atoms with van der Waals surface area (Å²) in [6.45, 7) is 12.4. The van der Waals surface area contributed by atoms with Crippen molar-refractivity contribution in [1.82, 2.24) is 20.2 Å². The highest BCUT2D eigenvalue weighted by Gasteiger charge is 2.22. The highest BCUT2D eigenvalue weighted by atomic mass is 32.1. The maximum atomic E-state index is 12.9. The van der Waals surface area contributed by atoms with Crippen LogP contribution >= 0.6 is 11.3 Å². The second-order valence-corrected chi connectivity index (χ2v) is 11.1. The Labute approximate surface area is 206 Å². The van der Waals surface area contributed by atoms with Gasteiger partial charge in [-0.2, -0.15) is 4.98 Å². The number of carbonyl (C=O) groups excluding carboxylic acids is 1. The zero-order valence-corrected chi connectivity index (χ0v) is 21.6. The molecule has 180 valence electrons. The van der Waals surface area contributed by atoms with E-state index in [4.69, 9.17) is 4.98 Å². The molecule has 1 aromatic carbocycles. The first-order valence-electron chi connectivity index (χ1n) is 11.7. The molecule has 0 fully saturated rings. The number of nitrogens with zero attached hydrogens (tertiary/aromatic N) is 3. The third-order valence-corrected chi connectivity index (χ3v) is 7.06. The Morgan fingerprint density at radius 1 is 1.15 bits per heavy atom. The summed E-state index contributed by atoms with van der Waals surface area (Å²) in [6.07, 6.45) is 2.65. The predicted molar refractivity (Wildman–Crippen MR) is 141 cm³/mol. The van der Waals surface area contributed by atoms with Crippen LogP contribution in [0.1, 0.15) is 61.0 Å². The molecule has 0 atom stereocenters. The lowest BCUT2D eigenvalue weighted by atomic mass is 9.93. The van der Waals surface area contributed by atoms with Gasteiger partial charge in [0.1, 0.15) is 11.4 Å². The number of likely N-dealkylation sites (N-methyl/N-ethyl adjacent to an activating group) is 1. The van der Waals surface area contributed by atoms with E-state index < -0.39 is 0 Å². The van der Waals surface area contributed by atoms with Gasteiger partial charge in [0.2, 0.25) is 5.95 Å². The fourth-order valence-corrected chi connectivity index (χ4v) is 5.00. The number of aromatic nitrogens is 2. The average molecular weight is 479 g/mol.